The van der Waals surface area contributed by atoms with E-state index in [9.17, 15) is 0 Å². The van der Waals surface area contributed by atoms with Crippen LogP contribution in [0.2, 0.25) is 0 Å². The van der Waals surface area contributed by atoms with Gasteiger partial charge in [0.15, 0.2) is 11.6 Å². The van der Waals surface area contributed by atoms with Crippen molar-refractivity contribution in [2.24, 2.45) is 0 Å². The highest BCUT2D eigenvalue weighted by Gasteiger charge is 2.22. The van der Waals surface area contributed by atoms with Gasteiger partial charge < -0.3 is 13.7 Å². The summed E-state index contributed by atoms with van der Waals surface area (Å²) in [4.78, 5) is 24.8. The number of aromatic nitrogens is 9. The van der Waals surface area contributed by atoms with Gasteiger partial charge in [-0.3, -0.25) is 14.5 Å². The molecular weight excluding hydrogens is 1220 g/mol. The third kappa shape index (κ3) is 9.98. The Kier molecular flexibility index (Phi) is 14.0. The Morgan fingerprint density at radius 1 is 0.180 bits per heavy atom. The van der Waals surface area contributed by atoms with Crippen LogP contribution in [-0.2, 0) is 0 Å². The largest absolute Gasteiger partial charge is 0.309 e. The Labute approximate surface area is 575 Å². The molecule has 0 unspecified atom stereocenters. The normalized spacial score (nSPS) is 11.6. The summed E-state index contributed by atoms with van der Waals surface area (Å²) in [7, 11) is 0. The number of hydrogen-bond acceptors (Lipinski definition) is 5. The number of benzene rings is 13. The number of para-hydroxylation sites is 3. The Balaban J connectivity index is 0.000000139. The van der Waals surface area contributed by atoms with Crippen molar-refractivity contribution in [1.29, 1.82) is 0 Å². The van der Waals surface area contributed by atoms with Gasteiger partial charge in [-0.05, 0) is 166 Å². The van der Waals surface area contributed by atoms with Gasteiger partial charge in [0.2, 0.25) is 5.95 Å². The zero-order valence-corrected chi connectivity index (χ0v) is 54.1. The van der Waals surface area contributed by atoms with Crippen LogP contribution in [0.5, 0.6) is 0 Å². The topological polar surface area (TPSA) is 84.2 Å². The fourth-order valence-electron chi connectivity index (χ4n) is 14.7. The summed E-state index contributed by atoms with van der Waals surface area (Å²) in [6.07, 6.45) is 3.77. The molecule has 0 spiro atoms. The van der Waals surface area contributed by atoms with E-state index in [4.69, 9.17) is 24.9 Å². The minimum absolute atomic E-state index is 0.581. The van der Waals surface area contributed by atoms with Crippen molar-refractivity contribution in [3.63, 3.8) is 0 Å². The molecule has 9 heteroatoms. The predicted octanol–water partition coefficient (Wildman–Crippen LogP) is 22.7. The number of pyridine rings is 2. The molecule has 20 aromatic rings. The molecule has 0 saturated heterocycles. The maximum absolute atomic E-state index is 5.07. The van der Waals surface area contributed by atoms with E-state index in [1.165, 1.54) is 55.2 Å². The number of rotatable bonds is 10. The van der Waals surface area contributed by atoms with Gasteiger partial charge in [0.05, 0.1) is 55.2 Å². The third-order valence-electron chi connectivity index (χ3n) is 19.4. The highest BCUT2D eigenvalue weighted by atomic mass is 15.2. The van der Waals surface area contributed by atoms with Gasteiger partial charge in [-0.2, -0.15) is 9.97 Å². The number of hydrogen-bond donors (Lipinski definition) is 0. The maximum atomic E-state index is 5.07. The highest BCUT2D eigenvalue weighted by molar-refractivity contribution is 6.14. The summed E-state index contributed by atoms with van der Waals surface area (Å²) >= 11 is 0. The third-order valence-corrected chi connectivity index (χ3v) is 19.4. The van der Waals surface area contributed by atoms with Crippen LogP contribution < -0.4 is 0 Å². The quantitative estimate of drug-likeness (QED) is 0.136. The van der Waals surface area contributed by atoms with E-state index in [-0.39, 0.29) is 0 Å². The SMILES string of the molecule is c1ccc(-c2ccc(-n3c4ccc(-c5ccc6c(c5)c5ccccc5n6-c5cccc(-c6ccccc6)c5)cc4c4ncccc43)cc2)cc1.c1ccc(-c2nc(-c3ccccc3)nc(-n3c4ccccc4c4cc(-c5ccc6c(c5)c5ncccc5n6-c5ccccc5)ccc43)n2)cc1. The van der Waals surface area contributed by atoms with Gasteiger partial charge in [-0.15, -0.1) is 0 Å². The van der Waals surface area contributed by atoms with Crippen LogP contribution in [0.4, 0.5) is 0 Å². The van der Waals surface area contributed by atoms with Crippen molar-refractivity contribution in [1.82, 2.24) is 43.2 Å². The molecule has 468 valence electrons. The molecule has 0 aliphatic carbocycles. The molecule has 0 N–H and O–H groups in total. The highest BCUT2D eigenvalue weighted by Crippen LogP contribution is 2.41. The average Bonchev–Trinajstić information content (AvgIpc) is 1.60. The van der Waals surface area contributed by atoms with Gasteiger partial charge >= 0.3 is 0 Å². The summed E-state index contributed by atoms with van der Waals surface area (Å²) in [5, 5.41) is 7.01. The first-order valence-electron chi connectivity index (χ1n) is 33.7. The van der Waals surface area contributed by atoms with Crippen LogP contribution in [0, 0.1) is 0 Å². The Hall–Kier alpha value is -13.6. The second-order valence-corrected chi connectivity index (χ2v) is 25.2. The van der Waals surface area contributed by atoms with E-state index in [1.807, 2.05) is 91.3 Å². The Bertz CT molecular complexity index is 6440. The first kappa shape index (κ1) is 57.8. The molecule has 13 aromatic carbocycles. The molecule has 0 amide bonds. The van der Waals surface area contributed by atoms with Crippen molar-refractivity contribution in [2.45, 2.75) is 0 Å². The first-order chi connectivity index (χ1) is 49.6. The van der Waals surface area contributed by atoms with E-state index in [2.05, 4.69) is 285 Å². The fourth-order valence-corrected chi connectivity index (χ4v) is 14.7. The molecule has 7 aromatic heterocycles. The van der Waals surface area contributed by atoms with Crippen molar-refractivity contribution >= 4 is 87.5 Å². The zero-order valence-electron chi connectivity index (χ0n) is 54.1. The first-order valence-corrected chi connectivity index (χ1v) is 33.7. The van der Waals surface area contributed by atoms with Crippen molar-refractivity contribution in [3.05, 3.63) is 358 Å². The van der Waals surface area contributed by atoms with E-state index < -0.39 is 0 Å². The van der Waals surface area contributed by atoms with Crippen LogP contribution in [0.1, 0.15) is 0 Å². The molecule has 0 bridgehead atoms. The van der Waals surface area contributed by atoms with E-state index in [0.717, 1.165) is 105 Å². The molecule has 20 rings (SSSR count). The number of fused-ring (bicyclic) bond motifs is 12. The molecule has 9 nitrogen and oxygen atoms in total. The predicted molar refractivity (Wildman–Crippen MR) is 412 cm³/mol. The lowest BCUT2D eigenvalue weighted by atomic mass is 10.0. The molecule has 7 heterocycles. The van der Waals surface area contributed by atoms with Crippen LogP contribution >= 0.6 is 0 Å². The minimum atomic E-state index is 0.581. The summed E-state index contributed by atoms with van der Waals surface area (Å²) in [6.45, 7) is 0. The van der Waals surface area contributed by atoms with Gasteiger partial charge in [0, 0.05) is 72.9 Å². The van der Waals surface area contributed by atoms with Gasteiger partial charge in [0.25, 0.3) is 0 Å². The Morgan fingerprint density at radius 3 is 1.00 bits per heavy atom. The standard InChI is InChI=1S/C47H31N3.C44H28N6/c1-3-11-32(12-4-1)34-20-24-38(25-21-34)49-45-27-23-37(31-42(45)47-46(49)19-10-28-48-47)36-22-26-44-41(30-36)40-17-7-8-18-43(40)50(44)39-16-9-15-35(29-39)33-13-5-2-6-14-33;1-4-13-29(14-5-1)42-46-43(30-15-6-2-7-16-30)48-44(47-42)50-37-20-11-10-19-34(37)35-27-31(22-24-38(35)50)32-23-25-39-36(28-32)41-40(21-12-26-45-41)49(39)33-17-8-3-9-18-33/h1-31H;1-28H. The molecule has 0 aliphatic rings. The van der Waals surface area contributed by atoms with Gasteiger partial charge in [-0.25, -0.2) is 4.98 Å². The van der Waals surface area contributed by atoms with E-state index in [0.29, 0.717) is 17.6 Å². The van der Waals surface area contributed by atoms with Crippen LogP contribution in [0.3, 0.4) is 0 Å². The number of nitrogens with zero attached hydrogens (tertiary/aromatic N) is 9. The summed E-state index contributed by atoms with van der Waals surface area (Å²) < 4.78 is 9.18. The molecule has 0 radical (unpaired) electrons. The summed E-state index contributed by atoms with van der Waals surface area (Å²) in [6, 6.07) is 122. The Morgan fingerprint density at radius 2 is 0.500 bits per heavy atom. The molecule has 0 atom stereocenters. The van der Waals surface area contributed by atoms with E-state index >= 15 is 0 Å². The molecule has 0 fully saturated rings. The lowest BCUT2D eigenvalue weighted by Gasteiger charge is -2.11. The fraction of sp³-hybridized carbons (Fsp3) is 0. The molecule has 0 saturated carbocycles. The zero-order chi connectivity index (χ0) is 66.0. The minimum Gasteiger partial charge on any atom is -0.309 e. The van der Waals surface area contributed by atoms with Crippen molar-refractivity contribution < 1.29 is 0 Å². The summed E-state index contributed by atoms with van der Waals surface area (Å²) in [5.74, 6) is 1.85. The average molecular weight is 1280 g/mol. The van der Waals surface area contributed by atoms with Crippen molar-refractivity contribution in [2.75, 3.05) is 0 Å². The molecular formula is C91H59N9. The second kappa shape index (κ2) is 24.2. The molecule has 0 aliphatic heterocycles. The summed E-state index contributed by atoms with van der Waals surface area (Å²) in [5.41, 5.74) is 25.7. The maximum Gasteiger partial charge on any atom is 0.238 e. The second-order valence-electron chi connectivity index (χ2n) is 25.2. The monoisotopic (exact) mass is 1280 g/mol. The van der Waals surface area contributed by atoms with Crippen LogP contribution in [-0.4, -0.2) is 43.2 Å². The molecule has 100 heavy (non-hydrogen) atoms. The van der Waals surface area contributed by atoms with Gasteiger partial charge in [0.1, 0.15) is 0 Å². The smallest absolute Gasteiger partial charge is 0.238 e. The lowest BCUT2D eigenvalue weighted by Crippen LogP contribution is -2.06. The van der Waals surface area contributed by atoms with E-state index in [1.54, 1.807) is 0 Å². The lowest BCUT2D eigenvalue weighted by molar-refractivity contribution is 0.953. The van der Waals surface area contributed by atoms with Crippen molar-refractivity contribution in [3.8, 4) is 90.3 Å². The van der Waals surface area contributed by atoms with Crippen LogP contribution in [0.15, 0.2) is 358 Å². The van der Waals surface area contributed by atoms with Gasteiger partial charge in [-0.1, -0.05) is 224 Å². The van der Waals surface area contributed by atoms with Crippen LogP contribution in [0.25, 0.3) is 178 Å².